The first-order chi connectivity index (χ1) is 5.90. The maximum absolute atomic E-state index is 5.38. The second-order valence-corrected chi connectivity index (χ2v) is 2.57. The Morgan fingerprint density at radius 2 is 1.69 bits per heavy atom. The zero-order valence-corrected chi connectivity index (χ0v) is 7.22. The number of benzene rings is 1. The van der Waals surface area contributed by atoms with E-state index in [1.807, 2.05) is 24.3 Å². The zero-order valence-electron chi connectivity index (χ0n) is 7.22. The molecule has 0 saturated carbocycles. The molecule has 65 valence electrons. The maximum atomic E-state index is 5.38. The fourth-order valence-electron chi connectivity index (χ4n) is 1.12. The fourth-order valence-corrected chi connectivity index (χ4v) is 1.12. The van der Waals surface area contributed by atoms with Crippen LogP contribution < -0.4 is 5.73 Å². The van der Waals surface area contributed by atoms with Crippen molar-refractivity contribution in [1.82, 2.24) is 15.0 Å². The quantitative estimate of drug-likeness (QED) is 0.650. The normalized spacial score (nSPS) is 9.92. The summed E-state index contributed by atoms with van der Waals surface area (Å²) in [6.45, 7) is 1.25. The third-order valence-corrected chi connectivity index (χ3v) is 1.66. The predicted octanol–water partition coefficient (Wildman–Crippen LogP) is 0.00920. The predicted molar refractivity (Wildman–Crippen MR) is 52.3 cm³/mol. The Bertz CT molecular complexity index is 351. The average molecular weight is 173 g/mol. The van der Waals surface area contributed by atoms with E-state index in [2.05, 4.69) is 10.2 Å². The van der Waals surface area contributed by atoms with Crippen molar-refractivity contribution in [3.05, 3.63) is 24.3 Å². The van der Waals surface area contributed by atoms with Gasteiger partial charge in [0.15, 0.2) is 0 Å². The Kier molecular flexibility index (Phi) is 3.03. The molecular weight excluding hydrogens is 163 g/mol. The lowest BCUT2D eigenvalue weighted by atomic mass is 10.3. The van der Waals surface area contributed by atoms with Crippen molar-refractivity contribution in [2.24, 2.45) is 5.73 Å². The van der Waals surface area contributed by atoms with E-state index in [0.29, 0.717) is 13.1 Å². The van der Waals surface area contributed by atoms with Gasteiger partial charge in [0.25, 0.3) is 0 Å². The van der Waals surface area contributed by atoms with Gasteiger partial charge in [-0.05, 0) is 12.1 Å². The van der Waals surface area contributed by atoms with Crippen LogP contribution >= 0.6 is 0 Å². The molecule has 2 N–H and O–H groups in total. The topological polar surface area (TPSA) is 56.7 Å². The Morgan fingerprint density at radius 3 is 2.15 bits per heavy atom. The third-order valence-electron chi connectivity index (χ3n) is 1.66. The molecule has 1 heterocycles. The van der Waals surface area contributed by atoms with Crippen LogP contribution in [0.25, 0.3) is 11.0 Å². The molecule has 2 aromatic rings. The summed E-state index contributed by atoms with van der Waals surface area (Å²) in [5.74, 6) is 0. The van der Waals surface area contributed by atoms with Crippen molar-refractivity contribution in [2.75, 3.05) is 6.54 Å². The minimum Gasteiger partial charge on any atom is -0.329 e. The first-order valence-electron chi connectivity index (χ1n) is 3.90. The van der Waals surface area contributed by atoms with E-state index >= 15 is 0 Å². The largest absolute Gasteiger partial charge is 0.329 e. The summed E-state index contributed by atoms with van der Waals surface area (Å²) in [4.78, 5) is 1.63. The van der Waals surface area contributed by atoms with Crippen molar-refractivity contribution < 1.29 is 0 Å². The highest BCUT2D eigenvalue weighted by molar-refractivity contribution is 5.75. The van der Waals surface area contributed by atoms with Crippen LogP contribution in [0.3, 0.4) is 0 Å². The van der Waals surface area contributed by atoms with Gasteiger partial charge in [0.1, 0.15) is 11.0 Å². The van der Waals surface area contributed by atoms with Gasteiger partial charge in [-0.1, -0.05) is 12.1 Å². The molecule has 0 aliphatic carbocycles. The van der Waals surface area contributed by atoms with Crippen LogP contribution in [0.5, 0.6) is 0 Å². The van der Waals surface area contributed by atoms with Gasteiger partial charge >= 0.3 is 0 Å². The van der Waals surface area contributed by atoms with Crippen molar-refractivity contribution in [1.29, 1.82) is 0 Å². The van der Waals surface area contributed by atoms with Crippen LogP contribution in [0.2, 0.25) is 0 Å². The number of hydrogen-bond donors (Lipinski definition) is 1. The lowest BCUT2D eigenvalue weighted by Gasteiger charge is -1.91. The molecule has 2 rings (SSSR count). The lowest BCUT2D eigenvalue weighted by Crippen LogP contribution is -2.11. The standard InChI is InChI=1S/C8H10N4.B/c9-5-6-12-10-7-3-1-2-4-8(7)11-12;/h1-4H,5-6,9H2;. The van der Waals surface area contributed by atoms with Gasteiger partial charge < -0.3 is 5.73 Å². The van der Waals surface area contributed by atoms with E-state index in [4.69, 9.17) is 5.73 Å². The molecular formula is C8H10BN4. The van der Waals surface area contributed by atoms with Gasteiger partial charge in [0.2, 0.25) is 0 Å². The van der Waals surface area contributed by atoms with E-state index in [0.717, 1.165) is 11.0 Å². The average Bonchev–Trinajstić information content (AvgIpc) is 2.47. The first kappa shape index (κ1) is 9.73. The minimum absolute atomic E-state index is 0. The summed E-state index contributed by atoms with van der Waals surface area (Å²) in [6.07, 6.45) is 0. The molecule has 3 radical (unpaired) electrons. The summed E-state index contributed by atoms with van der Waals surface area (Å²) < 4.78 is 0. The lowest BCUT2D eigenvalue weighted by molar-refractivity contribution is 0.553. The number of aromatic nitrogens is 3. The zero-order chi connectivity index (χ0) is 8.39. The molecule has 0 atom stereocenters. The Morgan fingerprint density at radius 1 is 1.15 bits per heavy atom. The minimum atomic E-state index is 0. The van der Waals surface area contributed by atoms with Gasteiger partial charge in [-0.15, -0.1) is 0 Å². The molecule has 13 heavy (non-hydrogen) atoms. The van der Waals surface area contributed by atoms with Gasteiger partial charge in [0, 0.05) is 15.0 Å². The van der Waals surface area contributed by atoms with Crippen LogP contribution in [0.15, 0.2) is 24.3 Å². The third kappa shape index (κ3) is 1.87. The molecule has 5 heteroatoms. The van der Waals surface area contributed by atoms with Crippen molar-refractivity contribution in [3.63, 3.8) is 0 Å². The summed E-state index contributed by atoms with van der Waals surface area (Å²) in [7, 11) is 0. The van der Waals surface area contributed by atoms with E-state index in [9.17, 15) is 0 Å². The van der Waals surface area contributed by atoms with Gasteiger partial charge in [0.05, 0.1) is 6.54 Å². The highest BCUT2D eigenvalue weighted by atomic mass is 15.5. The molecule has 0 unspecified atom stereocenters. The molecule has 0 aliphatic rings. The molecule has 0 aliphatic heterocycles. The van der Waals surface area contributed by atoms with E-state index < -0.39 is 0 Å². The van der Waals surface area contributed by atoms with Gasteiger partial charge in [-0.2, -0.15) is 15.0 Å². The van der Waals surface area contributed by atoms with Crippen LogP contribution in [-0.2, 0) is 6.54 Å². The smallest absolute Gasteiger partial charge is 0.113 e. The Balaban J connectivity index is 0.000000845. The maximum Gasteiger partial charge on any atom is 0.113 e. The molecule has 0 saturated heterocycles. The van der Waals surface area contributed by atoms with E-state index in [1.165, 1.54) is 0 Å². The molecule has 0 fully saturated rings. The number of fused-ring (bicyclic) bond motifs is 1. The van der Waals surface area contributed by atoms with Crippen LogP contribution in [0.1, 0.15) is 0 Å². The second-order valence-electron chi connectivity index (χ2n) is 2.57. The van der Waals surface area contributed by atoms with Crippen LogP contribution in [-0.4, -0.2) is 30.0 Å². The van der Waals surface area contributed by atoms with Crippen molar-refractivity contribution in [2.45, 2.75) is 6.54 Å². The molecule has 4 nitrogen and oxygen atoms in total. The summed E-state index contributed by atoms with van der Waals surface area (Å²) in [5, 5.41) is 8.46. The highest BCUT2D eigenvalue weighted by Gasteiger charge is 1.98. The number of nitrogens with zero attached hydrogens (tertiary/aromatic N) is 3. The van der Waals surface area contributed by atoms with E-state index in [-0.39, 0.29) is 8.41 Å². The highest BCUT2D eigenvalue weighted by Crippen LogP contribution is 2.06. The SMILES string of the molecule is NCCn1nc2ccccc2n1.[B]. The number of rotatable bonds is 2. The molecule has 1 aromatic heterocycles. The van der Waals surface area contributed by atoms with Crippen LogP contribution in [0, 0.1) is 0 Å². The van der Waals surface area contributed by atoms with Crippen molar-refractivity contribution >= 4 is 19.4 Å². The second kappa shape index (κ2) is 4.05. The number of nitrogens with two attached hydrogens (primary N) is 1. The van der Waals surface area contributed by atoms with Crippen LogP contribution in [0.4, 0.5) is 0 Å². The molecule has 0 spiro atoms. The summed E-state index contributed by atoms with van der Waals surface area (Å²) >= 11 is 0. The van der Waals surface area contributed by atoms with E-state index in [1.54, 1.807) is 4.80 Å². The van der Waals surface area contributed by atoms with Crippen molar-refractivity contribution in [3.8, 4) is 0 Å². The summed E-state index contributed by atoms with van der Waals surface area (Å²) in [5.41, 5.74) is 7.23. The summed E-state index contributed by atoms with van der Waals surface area (Å²) in [6, 6.07) is 7.78. The monoisotopic (exact) mass is 173 g/mol. The molecule has 0 bridgehead atoms. The fraction of sp³-hybridized carbons (Fsp3) is 0.250. The first-order valence-corrected chi connectivity index (χ1v) is 3.90. The van der Waals surface area contributed by atoms with Gasteiger partial charge in [-0.25, -0.2) is 0 Å². The Hall–Kier alpha value is -1.36. The van der Waals surface area contributed by atoms with Gasteiger partial charge in [-0.3, -0.25) is 0 Å². The molecule has 1 aromatic carbocycles. The Labute approximate surface area is 78.3 Å². The number of hydrogen-bond acceptors (Lipinski definition) is 3. The molecule has 0 amide bonds.